The maximum atomic E-state index is 10.1. The molecule has 0 rings (SSSR count). The van der Waals surface area contributed by atoms with Crippen LogP contribution in [0.25, 0.3) is 0 Å². The van der Waals surface area contributed by atoms with Gasteiger partial charge in [-0.3, -0.25) is 4.79 Å². The van der Waals surface area contributed by atoms with Gasteiger partial charge in [0, 0.05) is 5.38 Å². The van der Waals surface area contributed by atoms with Gasteiger partial charge in [-0.2, -0.15) is 0 Å². The fourth-order valence-corrected chi connectivity index (χ4v) is 0.304. The van der Waals surface area contributed by atoms with Crippen molar-refractivity contribution in [3.05, 3.63) is 0 Å². The summed E-state index contributed by atoms with van der Waals surface area (Å²) < 4.78 is 0. The van der Waals surface area contributed by atoms with E-state index in [2.05, 4.69) is 0 Å². The molecule has 0 aliphatic heterocycles. The molecule has 8 heavy (non-hydrogen) atoms. The fraction of sp³-hybridized carbons (Fsp3) is 0.800. The molecular formula is C5H9ClO2. The molecule has 48 valence electrons. The Balaban J connectivity index is 3.64. The number of halogens is 1. The van der Waals surface area contributed by atoms with Crippen LogP contribution in [0.2, 0.25) is 0 Å². The van der Waals surface area contributed by atoms with Crippen molar-refractivity contribution in [3.8, 4) is 0 Å². The first-order chi connectivity index (χ1) is 3.55. The second-order valence-corrected chi connectivity index (χ2v) is 2.49. The van der Waals surface area contributed by atoms with Gasteiger partial charge in [0.25, 0.3) is 0 Å². The predicted octanol–water partition coefficient (Wildman–Crippen LogP) is 1.33. The van der Waals surface area contributed by atoms with E-state index in [-0.39, 0.29) is 5.38 Å². The highest BCUT2D eigenvalue weighted by Crippen LogP contribution is 2.08. The molecule has 0 bridgehead atoms. The number of carbonyl (C=O) groups is 1. The van der Waals surface area contributed by atoms with E-state index < -0.39 is 11.9 Å². The van der Waals surface area contributed by atoms with Gasteiger partial charge in [-0.05, 0) is 6.92 Å². The van der Waals surface area contributed by atoms with Crippen LogP contribution in [0, 0.1) is 5.92 Å². The zero-order valence-corrected chi connectivity index (χ0v) is 5.64. The predicted molar refractivity (Wildman–Crippen MR) is 32.1 cm³/mol. The maximum Gasteiger partial charge on any atom is 0.307 e. The van der Waals surface area contributed by atoms with E-state index in [1.165, 1.54) is 0 Å². The van der Waals surface area contributed by atoms with Crippen molar-refractivity contribution in [1.29, 1.82) is 0 Å². The summed E-state index contributed by atoms with van der Waals surface area (Å²) in [5, 5.41) is 7.98. The lowest BCUT2D eigenvalue weighted by Crippen LogP contribution is -2.17. The number of carboxylic acids is 1. The summed E-state index contributed by atoms with van der Waals surface area (Å²) in [6.45, 7) is 3.25. The summed E-state index contributed by atoms with van der Waals surface area (Å²) in [6.07, 6.45) is 0. The van der Waals surface area contributed by atoms with Gasteiger partial charge in [-0.25, -0.2) is 0 Å². The van der Waals surface area contributed by atoms with E-state index in [9.17, 15) is 4.79 Å². The molecule has 1 N–H and O–H groups in total. The minimum atomic E-state index is -0.840. The van der Waals surface area contributed by atoms with Crippen molar-refractivity contribution in [2.45, 2.75) is 19.2 Å². The molecular weight excluding hydrogens is 128 g/mol. The van der Waals surface area contributed by atoms with E-state index in [0.717, 1.165) is 0 Å². The van der Waals surface area contributed by atoms with Gasteiger partial charge in [-0.15, -0.1) is 11.6 Å². The summed E-state index contributed by atoms with van der Waals surface area (Å²) in [6, 6.07) is 0. The van der Waals surface area contributed by atoms with Crippen molar-refractivity contribution in [3.63, 3.8) is 0 Å². The zero-order valence-electron chi connectivity index (χ0n) is 4.89. The molecule has 0 amide bonds. The summed E-state index contributed by atoms with van der Waals surface area (Å²) in [5.74, 6) is -1.29. The largest absolute Gasteiger partial charge is 0.481 e. The Labute approximate surface area is 53.5 Å². The molecule has 0 aromatic rings. The van der Waals surface area contributed by atoms with E-state index in [1.54, 1.807) is 13.8 Å². The van der Waals surface area contributed by atoms with Crippen LogP contribution < -0.4 is 0 Å². The molecule has 0 saturated heterocycles. The molecule has 1 unspecified atom stereocenters. The molecule has 0 aliphatic carbocycles. The van der Waals surface area contributed by atoms with Crippen LogP contribution in [0.3, 0.4) is 0 Å². The minimum absolute atomic E-state index is 0.285. The fourth-order valence-electron chi connectivity index (χ4n) is 0.196. The second-order valence-electron chi connectivity index (χ2n) is 1.80. The van der Waals surface area contributed by atoms with Crippen LogP contribution in [0.4, 0.5) is 0 Å². The molecule has 0 heterocycles. The highest BCUT2D eigenvalue weighted by molar-refractivity contribution is 6.21. The normalized spacial score (nSPS) is 17.4. The van der Waals surface area contributed by atoms with Crippen LogP contribution in [-0.2, 0) is 4.79 Å². The van der Waals surface area contributed by atoms with Gasteiger partial charge in [0.2, 0.25) is 0 Å². The Bertz CT molecular complexity index is 90.4. The van der Waals surface area contributed by atoms with Crippen molar-refractivity contribution in [1.82, 2.24) is 0 Å². The van der Waals surface area contributed by atoms with Gasteiger partial charge >= 0.3 is 5.97 Å². The van der Waals surface area contributed by atoms with Gasteiger partial charge < -0.3 is 5.11 Å². The molecule has 3 heteroatoms. The van der Waals surface area contributed by atoms with E-state index in [0.29, 0.717) is 0 Å². The Kier molecular flexibility index (Phi) is 2.84. The molecule has 2 nitrogen and oxygen atoms in total. The summed E-state index contributed by atoms with van der Waals surface area (Å²) in [7, 11) is 0. The first-order valence-corrected chi connectivity index (χ1v) is 2.86. The summed E-state index contributed by atoms with van der Waals surface area (Å²) in [5.41, 5.74) is 0. The third kappa shape index (κ3) is 2.17. The second kappa shape index (κ2) is 2.92. The monoisotopic (exact) mass is 136 g/mol. The lowest BCUT2D eigenvalue weighted by Gasteiger charge is -2.05. The molecule has 2 atom stereocenters. The first-order valence-electron chi connectivity index (χ1n) is 2.42. The zero-order chi connectivity index (χ0) is 6.73. The highest BCUT2D eigenvalue weighted by Gasteiger charge is 2.15. The number of hydrogen-bond donors (Lipinski definition) is 1. The van der Waals surface area contributed by atoms with Gasteiger partial charge in [0.15, 0.2) is 0 Å². The Hall–Kier alpha value is -0.240. The lowest BCUT2D eigenvalue weighted by atomic mass is 10.1. The molecule has 0 fully saturated rings. The van der Waals surface area contributed by atoms with Crippen LogP contribution in [0.15, 0.2) is 0 Å². The first kappa shape index (κ1) is 7.76. The number of alkyl halides is 1. The quantitative estimate of drug-likeness (QED) is 0.582. The maximum absolute atomic E-state index is 10.1. The Morgan fingerprint density at radius 2 is 2.00 bits per heavy atom. The van der Waals surface area contributed by atoms with Crippen LogP contribution in [0.1, 0.15) is 13.8 Å². The average molecular weight is 137 g/mol. The molecule has 0 aromatic carbocycles. The van der Waals surface area contributed by atoms with Gasteiger partial charge in [0.05, 0.1) is 5.92 Å². The standard InChI is InChI=1S/C5H9ClO2/c1-3(4(2)6)5(7)8/h3-4H,1-2H3,(H,7,8)/t3-,4?/m0/s1. The lowest BCUT2D eigenvalue weighted by molar-refractivity contribution is -0.141. The third-order valence-electron chi connectivity index (χ3n) is 1.08. The van der Waals surface area contributed by atoms with Crippen molar-refractivity contribution in [2.24, 2.45) is 5.92 Å². The van der Waals surface area contributed by atoms with Crippen molar-refractivity contribution in [2.75, 3.05) is 0 Å². The van der Waals surface area contributed by atoms with Crippen molar-refractivity contribution >= 4 is 17.6 Å². The number of aliphatic carboxylic acids is 1. The summed E-state index contributed by atoms with van der Waals surface area (Å²) >= 11 is 5.44. The summed E-state index contributed by atoms with van der Waals surface area (Å²) in [4.78, 5) is 10.1. The van der Waals surface area contributed by atoms with E-state index >= 15 is 0 Å². The highest BCUT2D eigenvalue weighted by atomic mass is 35.5. The van der Waals surface area contributed by atoms with Gasteiger partial charge in [0.1, 0.15) is 0 Å². The molecule has 0 saturated carbocycles. The SMILES string of the molecule is CC(Cl)[C@H](C)C(=O)O. The molecule has 0 aliphatic rings. The minimum Gasteiger partial charge on any atom is -0.481 e. The Morgan fingerprint density at radius 3 is 2.00 bits per heavy atom. The van der Waals surface area contributed by atoms with Crippen LogP contribution in [0.5, 0.6) is 0 Å². The number of hydrogen-bond acceptors (Lipinski definition) is 1. The van der Waals surface area contributed by atoms with Gasteiger partial charge in [-0.1, -0.05) is 6.92 Å². The van der Waals surface area contributed by atoms with Crippen molar-refractivity contribution < 1.29 is 9.90 Å². The molecule has 0 spiro atoms. The number of carboxylic acid groups (broad SMARTS) is 1. The van der Waals surface area contributed by atoms with Crippen LogP contribution >= 0.6 is 11.6 Å². The Morgan fingerprint density at radius 1 is 1.62 bits per heavy atom. The van der Waals surface area contributed by atoms with Crippen LogP contribution in [-0.4, -0.2) is 16.5 Å². The third-order valence-corrected chi connectivity index (χ3v) is 1.46. The smallest absolute Gasteiger partial charge is 0.307 e. The topological polar surface area (TPSA) is 37.3 Å². The average Bonchev–Trinajstić information content (AvgIpc) is 1.64. The molecule has 0 radical (unpaired) electrons. The van der Waals surface area contributed by atoms with E-state index in [1.807, 2.05) is 0 Å². The number of rotatable bonds is 2. The van der Waals surface area contributed by atoms with E-state index in [4.69, 9.17) is 16.7 Å². The molecule has 0 aromatic heterocycles.